The largest absolute Gasteiger partial charge is 0.366 e. The van der Waals surface area contributed by atoms with Crippen molar-refractivity contribution in [3.8, 4) is 0 Å². The van der Waals surface area contributed by atoms with E-state index < -0.39 is 0 Å². The number of nitrogens with one attached hydrogen (secondary N) is 2. The topological polar surface area (TPSA) is 31.2 Å². The standard InChI is InChI=1S/C19H20N4S2/c1-20-19(24)21-14-9-10-16-17(13-14)25-18(23(16)3)11-12-22(2)15-7-5-4-6-8-15/h4-13H,1-3H3,(H-,20,21,24)/p+1. The van der Waals surface area contributed by atoms with Gasteiger partial charge in [-0.3, -0.25) is 0 Å². The van der Waals surface area contributed by atoms with Crippen molar-refractivity contribution in [1.29, 1.82) is 0 Å². The van der Waals surface area contributed by atoms with Crippen molar-refractivity contribution in [3.05, 3.63) is 59.7 Å². The fourth-order valence-electron chi connectivity index (χ4n) is 2.51. The molecule has 3 aromatic rings. The van der Waals surface area contributed by atoms with E-state index in [1.54, 1.807) is 11.3 Å². The lowest BCUT2D eigenvalue weighted by molar-refractivity contribution is -0.642. The van der Waals surface area contributed by atoms with Crippen molar-refractivity contribution in [3.63, 3.8) is 0 Å². The zero-order valence-electron chi connectivity index (χ0n) is 14.5. The number of benzene rings is 2. The molecule has 0 aliphatic rings. The highest BCUT2D eigenvalue weighted by Crippen LogP contribution is 2.25. The molecule has 128 valence electrons. The number of aryl methyl sites for hydroxylation is 1. The number of hydrogen-bond donors (Lipinski definition) is 2. The van der Waals surface area contributed by atoms with Crippen LogP contribution < -0.4 is 20.1 Å². The zero-order valence-corrected chi connectivity index (χ0v) is 16.1. The number of anilines is 2. The first-order valence-corrected chi connectivity index (χ1v) is 9.18. The number of fused-ring (bicyclic) bond motifs is 1. The second kappa shape index (κ2) is 7.63. The van der Waals surface area contributed by atoms with Gasteiger partial charge >= 0.3 is 0 Å². The second-order valence-corrected chi connectivity index (χ2v) is 7.12. The molecular formula is C19H21N4S2+. The fraction of sp³-hybridized carbons (Fsp3) is 0.158. The SMILES string of the molecule is CNC(=S)Nc1ccc2c(c1)sc(C=CN(C)c1ccccc1)[n+]2C. The lowest BCUT2D eigenvalue weighted by Crippen LogP contribution is -2.29. The van der Waals surface area contributed by atoms with E-state index in [1.807, 2.05) is 31.3 Å². The van der Waals surface area contributed by atoms with Crippen LogP contribution in [0.5, 0.6) is 0 Å². The molecule has 0 spiro atoms. The van der Waals surface area contributed by atoms with E-state index in [0.717, 1.165) is 11.4 Å². The number of thiocarbonyl (C=S) groups is 1. The summed E-state index contributed by atoms with van der Waals surface area (Å²) >= 11 is 6.92. The average Bonchev–Trinajstić information content (AvgIpc) is 2.95. The van der Waals surface area contributed by atoms with Crippen molar-refractivity contribution in [2.45, 2.75) is 0 Å². The van der Waals surface area contributed by atoms with Crippen LogP contribution in [0, 0.1) is 0 Å². The van der Waals surface area contributed by atoms with Crippen LogP contribution in [-0.4, -0.2) is 19.2 Å². The fourth-order valence-corrected chi connectivity index (χ4v) is 3.72. The van der Waals surface area contributed by atoms with Gasteiger partial charge in [-0.2, -0.15) is 4.57 Å². The van der Waals surface area contributed by atoms with E-state index in [9.17, 15) is 0 Å². The summed E-state index contributed by atoms with van der Waals surface area (Å²) in [5.41, 5.74) is 3.35. The molecule has 2 N–H and O–H groups in total. The molecule has 3 rings (SSSR count). The molecular weight excluding hydrogens is 348 g/mol. The van der Waals surface area contributed by atoms with Crippen molar-refractivity contribution in [2.75, 3.05) is 24.3 Å². The summed E-state index contributed by atoms with van der Waals surface area (Å²) in [7, 11) is 5.96. The minimum Gasteiger partial charge on any atom is -0.366 e. The summed E-state index contributed by atoms with van der Waals surface area (Å²) in [6.45, 7) is 0. The maximum atomic E-state index is 5.17. The highest BCUT2D eigenvalue weighted by atomic mass is 32.1. The normalized spacial score (nSPS) is 11.0. The van der Waals surface area contributed by atoms with Crippen molar-refractivity contribution < 1.29 is 4.57 Å². The Labute approximate surface area is 157 Å². The number of hydrogen-bond acceptors (Lipinski definition) is 3. The Hall–Kier alpha value is -2.44. The molecule has 2 aromatic carbocycles. The molecule has 0 atom stereocenters. The first-order chi connectivity index (χ1) is 12.1. The summed E-state index contributed by atoms with van der Waals surface area (Å²) in [4.78, 5) is 2.11. The lowest BCUT2D eigenvalue weighted by atomic mass is 10.3. The molecule has 0 fully saturated rings. The minimum atomic E-state index is 0.616. The number of nitrogens with zero attached hydrogens (tertiary/aromatic N) is 2. The summed E-state index contributed by atoms with van der Waals surface area (Å²) in [6.07, 6.45) is 4.23. The Morgan fingerprint density at radius 2 is 1.96 bits per heavy atom. The van der Waals surface area contributed by atoms with Gasteiger partial charge in [0.1, 0.15) is 11.7 Å². The van der Waals surface area contributed by atoms with Gasteiger partial charge in [-0.1, -0.05) is 29.5 Å². The van der Waals surface area contributed by atoms with Gasteiger partial charge in [0.15, 0.2) is 5.11 Å². The molecule has 1 heterocycles. The highest BCUT2D eigenvalue weighted by Gasteiger charge is 2.15. The number of aromatic nitrogens is 1. The molecule has 25 heavy (non-hydrogen) atoms. The molecule has 4 nitrogen and oxygen atoms in total. The van der Waals surface area contributed by atoms with Gasteiger partial charge in [0, 0.05) is 43.8 Å². The summed E-state index contributed by atoms with van der Waals surface area (Å²) in [5, 5.41) is 7.91. The Morgan fingerprint density at radius 3 is 2.68 bits per heavy atom. The van der Waals surface area contributed by atoms with E-state index in [2.05, 4.69) is 70.7 Å². The van der Waals surface area contributed by atoms with Gasteiger partial charge in [0.05, 0.1) is 0 Å². The minimum absolute atomic E-state index is 0.616. The van der Waals surface area contributed by atoms with Crippen LogP contribution in [0.15, 0.2) is 54.7 Å². The van der Waals surface area contributed by atoms with Crippen LogP contribution in [0.25, 0.3) is 16.3 Å². The van der Waals surface area contributed by atoms with Crippen LogP contribution in [0.3, 0.4) is 0 Å². The molecule has 0 aliphatic heterocycles. The molecule has 0 aliphatic carbocycles. The smallest absolute Gasteiger partial charge is 0.263 e. The molecule has 6 heteroatoms. The zero-order chi connectivity index (χ0) is 17.8. The van der Waals surface area contributed by atoms with E-state index in [1.165, 1.54) is 15.2 Å². The number of thiazole rings is 1. The molecule has 0 radical (unpaired) electrons. The van der Waals surface area contributed by atoms with Gasteiger partial charge in [0.25, 0.3) is 5.01 Å². The van der Waals surface area contributed by atoms with Crippen LogP contribution in [-0.2, 0) is 7.05 Å². The Balaban J connectivity index is 1.85. The summed E-state index contributed by atoms with van der Waals surface area (Å²) in [6, 6.07) is 16.6. The van der Waals surface area contributed by atoms with Gasteiger partial charge in [-0.15, -0.1) is 0 Å². The Morgan fingerprint density at radius 1 is 1.20 bits per heavy atom. The Kier molecular flexibility index (Phi) is 5.31. The monoisotopic (exact) mass is 369 g/mol. The van der Waals surface area contributed by atoms with Crippen molar-refractivity contribution in [2.24, 2.45) is 7.05 Å². The average molecular weight is 370 g/mol. The number of rotatable bonds is 4. The van der Waals surface area contributed by atoms with Crippen molar-refractivity contribution >= 4 is 56.3 Å². The molecule has 1 aromatic heterocycles. The van der Waals surface area contributed by atoms with Gasteiger partial charge in [-0.05, 0) is 36.5 Å². The third-order valence-electron chi connectivity index (χ3n) is 3.96. The first kappa shape index (κ1) is 17.4. The second-order valence-electron chi connectivity index (χ2n) is 5.65. The highest BCUT2D eigenvalue weighted by molar-refractivity contribution is 7.80. The van der Waals surface area contributed by atoms with E-state index >= 15 is 0 Å². The molecule has 0 saturated carbocycles. The third-order valence-corrected chi connectivity index (χ3v) is 5.43. The molecule has 0 amide bonds. The predicted octanol–water partition coefficient (Wildman–Crippen LogP) is 3.75. The van der Waals surface area contributed by atoms with Crippen LogP contribution in [0.4, 0.5) is 11.4 Å². The van der Waals surface area contributed by atoms with E-state index in [0.29, 0.717) is 5.11 Å². The van der Waals surface area contributed by atoms with Gasteiger partial charge in [0.2, 0.25) is 5.52 Å². The van der Waals surface area contributed by atoms with Crippen LogP contribution in [0.1, 0.15) is 5.01 Å². The van der Waals surface area contributed by atoms with Crippen molar-refractivity contribution in [1.82, 2.24) is 5.32 Å². The lowest BCUT2D eigenvalue weighted by Gasteiger charge is -2.12. The maximum absolute atomic E-state index is 5.17. The van der Waals surface area contributed by atoms with Gasteiger partial charge in [-0.25, -0.2) is 0 Å². The quantitative estimate of drug-likeness (QED) is 0.542. The van der Waals surface area contributed by atoms with Crippen LogP contribution >= 0.6 is 23.6 Å². The van der Waals surface area contributed by atoms with E-state index in [4.69, 9.17) is 12.2 Å². The molecule has 0 bridgehead atoms. The molecule has 0 unspecified atom stereocenters. The third kappa shape index (κ3) is 3.97. The summed E-state index contributed by atoms with van der Waals surface area (Å²) in [5.74, 6) is 0. The van der Waals surface area contributed by atoms with Crippen LogP contribution in [0.2, 0.25) is 0 Å². The maximum Gasteiger partial charge on any atom is 0.263 e. The predicted molar refractivity (Wildman–Crippen MR) is 112 cm³/mol. The summed E-state index contributed by atoms with van der Waals surface area (Å²) < 4.78 is 3.42. The molecule has 0 saturated heterocycles. The number of para-hydroxylation sites is 1. The first-order valence-electron chi connectivity index (χ1n) is 7.96. The Bertz CT molecular complexity index is 916. The van der Waals surface area contributed by atoms with E-state index in [-0.39, 0.29) is 0 Å². The van der Waals surface area contributed by atoms with Gasteiger partial charge < -0.3 is 15.5 Å².